The average molecular weight is 393 g/mol. The van der Waals surface area contributed by atoms with Gasteiger partial charge in [0.15, 0.2) is 16.0 Å². The Morgan fingerprint density at radius 3 is 2.65 bits per heavy atom. The third-order valence-corrected chi connectivity index (χ3v) is 5.43. The van der Waals surface area contributed by atoms with Gasteiger partial charge in [0.05, 0.1) is 22.5 Å². The fourth-order valence-corrected chi connectivity index (χ4v) is 3.95. The summed E-state index contributed by atoms with van der Waals surface area (Å²) in [5.41, 5.74) is 0.998. The Hall–Kier alpha value is -2.52. The molecule has 9 heteroatoms. The molecule has 0 unspecified atom stereocenters. The summed E-state index contributed by atoms with van der Waals surface area (Å²) >= 11 is 2.78. The zero-order chi connectivity index (χ0) is 18.5. The maximum atomic E-state index is 13.1. The number of anilines is 1. The topological polar surface area (TPSA) is 71.1 Å². The largest absolute Gasteiger partial charge is 0.346 e. The summed E-state index contributed by atoms with van der Waals surface area (Å²) in [6.07, 6.45) is 0. The van der Waals surface area contributed by atoms with E-state index < -0.39 is 17.5 Å². The number of halogens is 2. The first-order chi connectivity index (χ1) is 12.5. The molecule has 2 amide bonds. The molecule has 5 nitrogen and oxygen atoms in total. The molecule has 0 saturated heterocycles. The van der Waals surface area contributed by atoms with Gasteiger partial charge in [0.25, 0.3) is 0 Å². The molecule has 0 atom stereocenters. The number of aromatic nitrogens is 1. The number of rotatable bonds is 6. The molecule has 2 aromatic carbocycles. The standard InChI is InChI=1S/C17H13F2N3O2S2/c18-11-6-5-10(7-12(11)19)21-15(23)8-20-16(24)9-25-17-22-13-3-1-2-4-14(13)26-17/h1-7H,8-9H2,(H,20,24)(H,21,23). The first kappa shape index (κ1) is 18.3. The van der Waals surface area contributed by atoms with E-state index in [1.807, 2.05) is 24.3 Å². The lowest BCUT2D eigenvalue weighted by atomic mass is 10.3. The van der Waals surface area contributed by atoms with Crippen LogP contribution in [-0.2, 0) is 9.59 Å². The number of carbonyl (C=O) groups excluding carboxylic acids is 2. The van der Waals surface area contributed by atoms with Crippen molar-refractivity contribution in [1.29, 1.82) is 0 Å². The van der Waals surface area contributed by atoms with E-state index in [1.54, 1.807) is 0 Å². The number of benzene rings is 2. The van der Waals surface area contributed by atoms with Crippen LogP contribution in [0, 0.1) is 11.6 Å². The smallest absolute Gasteiger partial charge is 0.243 e. The van der Waals surface area contributed by atoms with E-state index in [0.717, 1.165) is 26.7 Å². The Morgan fingerprint density at radius 2 is 1.88 bits per heavy atom. The number of nitrogens with one attached hydrogen (secondary N) is 2. The fourth-order valence-electron chi connectivity index (χ4n) is 2.05. The highest BCUT2D eigenvalue weighted by Crippen LogP contribution is 2.28. The molecule has 0 aliphatic carbocycles. The van der Waals surface area contributed by atoms with Crippen LogP contribution in [0.2, 0.25) is 0 Å². The normalized spacial score (nSPS) is 10.7. The first-order valence-corrected chi connectivity index (χ1v) is 9.31. The molecule has 0 bridgehead atoms. The maximum absolute atomic E-state index is 13.1. The van der Waals surface area contributed by atoms with Crippen LogP contribution < -0.4 is 10.6 Å². The second-order valence-corrected chi connectivity index (χ2v) is 7.44. The predicted molar refractivity (Wildman–Crippen MR) is 98.3 cm³/mol. The van der Waals surface area contributed by atoms with Crippen molar-refractivity contribution in [3.8, 4) is 0 Å². The van der Waals surface area contributed by atoms with Gasteiger partial charge in [-0.1, -0.05) is 23.9 Å². The number of nitrogens with zero attached hydrogens (tertiary/aromatic N) is 1. The number of hydrogen-bond acceptors (Lipinski definition) is 5. The monoisotopic (exact) mass is 393 g/mol. The summed E-state index contributed by atoms with van der Waals surface area (Å²) in [6.45, 7) is -0.266. The Kier molecular flexibility index (Phi) is 5.79. The van der Waals surface area contributed by atoms with Crippen LogP contribution in [0.3, 0.4) is 0 Å². The van der Waals surface area contributed by atoms with Gasteiger partial charge >= 0.3 is 0 Å². The Bertz CT molecular complexity index is 929. The van der Waals surface area contributed by atoms with Crippen LogP contribution in [0.15, 0.2) is 46.8 Å². The molecule has 3 rings (SSSR count). The highest BCUT2D eigenvalue weighted by molar-refractivity contribution is 8.01. The molecule has 134 valence electrons. The van der Waals surface area contributed by atoms with Crippen molar-refractivity contribution in [2.24, 2.45) is 0 Å². The average Bonchev–Trinajstić information content (AvgIpc) is 3.04. The number of fused-ring (bicyclic) bond motifs is 1. The van der Waals surface area contributed by atoms with Crippen LogP contribution in [0.25, 0.3) is 10.2 Å². The van der Waals surface area contributed by atoms with Gasteiger partial charge in [0, 0.05) is 11.8 Å². The summed E-state index contributed by atoms with van der Waals surface area (Å²) in [4.78, 5) is 28.0. The SMILES string of the molecule is O=C(CSc1nc2ccccc2s1)NCC(=O)Nc1ccc(F)c(F)c1. The van der Waals surface area contributed by atoms with Gasteiger partial charge in [-0.15, -0.1) is 11.3 Å². The van der Waals surface area contributed by atoms with E-state index in [2.05, 4.69) is 15.6 Å². The molecule has 0 radical (unpaired) electrons. The lowest BCUT2D eigenvalue weighted by molar-refractivity contribution is -0.122. The van der Waals surface area contributed by atoms with Gasteiger partial charge < -0.3 is 10.6 Å². The van der Waals surface area contributed by atoms with Crippen LogP contribution >= 0.6 is 23.1 Å². The molecule has 2 N–H and O–H groups in total. The fraction of sp³-hybridized carbons (Fsp3) is 0.118. The zero-order valence-corrected chi connectivity index (χ0v) is 14.9. The highest BCUT2D eigenvalue weighted by atomic mass is 32.2. The summed E-state index contributed by atoms with van der Waals surface area (Å²) in [5.74, 6) is -2.79. The number of thiazole rings is 1. The van der Waals surface area contributed by atoms with Gasteiger partial charge in [-0.25, -0.2) is 13.8 Å². The van der Waals surface area contributed by atoms with Crippen molar-refractivity contribution in [2.75, 3.05) is 17.6 Å². The predicted octanol–water partition coefficient (Wildman–Crippen LogP) is 3.42. The summed E-state index contributed by atoms with van der Waals surface area (Å²) in [7, 11) is 0. The number of para-hydroxylation sites is 1. The third-order valence-electron chi connectivity index (χ3n) is 3.25. The number of carbonyl (C=O) groups is 2. The summed E-state index contributed by atoms with van der Waals surface area (Å²) in [5, 5.41) is 4.85. The van der Waals surface area contributed by atoms with E-state index in [0.29, 0.717) is 0 Å². The maximum Gasteiger partial charge on any atom is 0.243 e. The third kappa shape index (κ3) is 4.77. The van der Waals surface area contributed by atoms with E-state index in [9.17, 15) is 18.4 Å². The summed E-state index contributed by atoms with van der Waals surface area (Å²) < 4.78 is 27.7. The molecule has 1 aromatic heterocycles. The highest BCUT2D eigenvalue weighted by Gasteiger charge is 2.10. The van der Waals surface area contributed by atoms with Crippen LogP contribution in [0.4, 0.5) is 14.5 Å². The van der Waals surface area contributed by atoms with Crippen LogP contribution in [0.1, 0.15) is 0 Å². The molecular weight excluding hydrogens is 380 g/mol. The molecule has 0 fully saturated rings. The zero-order valence-electron chi connectivity index (χ0n) is 13.3. The second kappa shape index (κ2) is 8.24. The number of thioether (sulfide) groups is 1. The molecule has 3 aromatic rings. The van der Waals surface area contributed by atoms with Crippen LogP contribution in [0.5, 0.6) is 0 Å². The van der Waals surface area contributed by atoms with Gasteiger partial charge in [-0.2, -0.15) is 0 Å². The van der Waals surface area contributed by atoms with E-state index in [4.69, 9.17) is 0 Å². The minimum Gasteiger partial charge on any atom is -0.346 e. The number of hydrogen-bond donors (Lipinski definition) is 2. The van der Waals surface area contributed by atoms with Crippen molar-refractivity contribution < 1.29 is 18.4 Å². The Balaban J connectivity index is 1.44. The molecule has 0 aliphatic heterocycles. The lowest BCUT2D eigenvalue weighted by Gasteiger charge is -2.07. The van der Waals surface area contributed by atoms with Gasteiger partial charge in [0.1, 0.15) is 0 Å². The van der Waals surface area contributed by atoms with Gasteiger partial charge in [-0.05, 0) is 24.3 Å². The molecule has 0 spiro atoms. The minimum atomic E-state index is -1.06. The van der Waals surface area contributed by atoms with Crippen LogP contribution in [-0.4, -0.2) is 29.1 Å². The van der Waals surface area contributed by atoms with Crippen molar-refractivity contribution in [2.45, 2.75) is 4.34 Å². The number of amides is 2. The minimum absolute atomic E-state index is 0.118. The van der Waals surface area contributed by atoms with E-state index in [-0.39, 0.29) is 23.9 Å². The second-order valence-electron chi connectivity index (χ2n) is 5.19. The van der Waals surface area contributed by atoms with Gasteiger partial charge in [-0.3, -0.25) is 9.59 Å². The summed E-state index contributed by atoms with van der Waals surface area (Å²) in [6, 6.07) is 10.7. The Labute approximate surface area is 155 Å². The quantitative estimate of drug-likeness (QED) is 0.630. The van der Waals surface area contributed by atoms with Crippen molar-refractivity contribution in [1.82, 2.24) is 10.3 Å². The van der Waals surface area contributed by atoms with E-state index in [1.165, 1.54) is 29.2 Å². The van der Waals surface area contributed by atoms with Crippen molar-refractivity contribution in [3.05, 3.63) is 54.1 Å². The van der Waals surface area contributed by atoms with E-state index >= 15 is 0 Å². The molecule has 0 saturated carbocycles. The molecule has 0 aliphatic rings. The molecule has 1 heterocycles. The molecule has 26 heavy (non-hydrogen) atoms. The lowest BCUT2D eigenvalue weighted by Crippen LogP contribution is -2.33. The van der Waals surface area contributed by atoms with Gasteiger partial charge in [0.2, 0.25) is 11.8 Å². The van der Waals surface area contributed by atoms with Crippen molar-refractivity contribution in [3.63, 3.8) is 0 Å². The van der Waals surface area contributed by atoms with Crippen molar-refractivity contribution >= 4 is 50.8 Å². The molecular formula is C17H13F2N3O2S2. The first-order valence-electron chi connectivity index (χ1n) is 7.51. The Morgan fingerprint density at radius 1 is 1.08 bits per heavy atom.